The Bertz CT molecular complexity index is 571. The molecule has 0 aliphatic carbocycles. The van der Waals surface area contributed by atoms with Crippen molar-refractivity contribution in [2.45, 2.75) is 24.8 Å². The first-order chi connectivity index (χ1) is 11.3. The molecule has 0 aromatic heterocycles. The van der Waals surface area contributed by atoms with Gasteiger partial charge < -0.3 is 14.4 Å². The molecular formula is C18H24N2O3. The highest BCUT2D eigenvalue weighted by Crippen LogP contribution is 2.36. The minimum Gasteiger partial charge on any atom is -0.492 e. The van der Waals surface area contributed by atoms with Gasteiger partial charge in [-0.15, -0.1) is 0 Å². The number of carbonyl (C=O) groups excluding carboxylic acids is 1. The molecule has 124 valence electrons. The van der Waals surface area contributed by atoms with Crippen molar-refractivity contribution >= 4 is 5.91 Å². The van der Waals surface area contributed by atoms with Crippen molar-refractivity contribution in [2.75, 3.05) is 46.0 Å². The Morgan fingerprint density at radius 2 is 2.00 bits per heavy atom. The highest BCUT2D eigenvalue weighted by molar-refractivity contribution is 5.86. The number of ether oxygens (including phenoxy) is 2. The molecule has 5 nitrogen and oxygen atoms in total. The third kappa shape index (κ3) is 2.95. The smallest absolute Gasteiger partial charge is 0.234 e. The Labute approximate surface area is 137 Å². The SMILES string of the molecule is O=C([C@H]1COc2ccccc21)N1CCC[C@H]1CN1CCOCC1. The fraction of sp³-hybridized carbons (Fsp3) is 0.611. The molecule has 1 amide bonds. The Morgan fingerprint density at radius 3 is 2.87 bits per heavy atom. The fourth-order valence-electron chi connectivity index (χ4n) is 3.96. The average Bonchev–Trinajstić information content (AvgIpc) is 3.22. The third-order valence-electron chi connectivity index (χ3n) is 5.23. The van der Waals surface area contributed by atoms with Gasteiger partial charge in [0.1, 0.15) is 18.3 Å². The maximum absolute atomic E-state index is 13.1. The van der Waals surface area contributed by atoms with Crippen LogP contribution >= 0.6 is 0 Å². The summed E-state index contributed by atoms with van der Waals surface area (Å²) < 4.78 is 11.1. The van der Waals surface area contributed by atoms with Gasteiger partial charge in [-0.25, -0.2) is 0 Å². The zero-order valence-electron chi connectivity index (χ0n) is 13.4. The van der Waals surface area contributed by atoms with Crippen molar-refractivity contribution in [3.63, 3.8) is 0 Å². The van der Waals surface area contributed by atoms with Gasteiger partial charge in [0.25, 0.3) is 0 Å². The molecule has 2 fully saturated rings. The van der Waals surface area contributed by atoms with E-state index in [2.05, 4.69) is 9.80 Å². The van der Waals surface area contributed by atoms with Gasteiger partial charge in [0.2, 0.25) is 5.91 Å². The second kappa shape index (κ2) is 6.49. The van der Waals surface area contributed by atoms with Gasteiger partial charge in [-0.3, -0.25) is 9.69 Å². The average molecular weight is 316 g/mol. The Kier molecular flexibility index (Phi) is 4.23. The second-order valence-corrected chi connectivity index (χ2v) is 6.64. The van der Waals surface area contributed by atoms with E-state index in [4.69, 9.17) is 9.47 Å². The van der Waals surface area contributed by atoms with Crippen LogP contribution < -0.4 is 4.74 Å². The number of para-hydroxylation sites is 1. The summed E-state index contributed by atoms with van der Waals surface area (Å²) in [5.74, 6) is 0.983. The predicted octanol–water partition coefficient (Wildman–Crippen LogP) is 1.49. The van der Waals surface area contributed by atoms with Crippen LogP contribution in [-0.4, -0.2) is 67.7 Å². The summed E-state index contributed by atoms with van der Waals surface area (Å²) in [4.78, 5) is 17.6. The van der Waals surface area contributed by atoms with Crippen LogP contribution in [-0.2, 0) is 9.53 Å². The summed E-state index contributed by atoms with van der Waals surface area (Å²) in [6.07, 6.45) is 2.22. The monoisotopic (exact) mass is 316 g/mol. The standard InChI is InChI=1S/C18H24N2O3/c21-18(16-13-23-17-6-2-1-5-15(16)17)20-7-3-4-14(20)12-19-8-10-22-11-9-19/h1-2,5-6,14,16H,3-4,7-13H2/t14-,16-/m0/s1. The molecule has 1 aromatic carbocycles. The molecule has 4 rings (SSSR count). The minimum atomic E-state index is -0.128. The zero-order chi connectivity index (χ0) is 15.6. The normalized spacial score (nSPS) is 27.7. The van der Waals surface area contributed by atoms with E-state index in [1.807, 2.05) is 24.3 Å². The van der Waals surface area contributed by atoms with E-state index in [1.54, 1.807) is 0 Å². The maximum atomic E-state index is 13.1. The van der Waals surface area contributed by atoms with Crippen molar-refractivity contribution < 1.29 is 14.3 Å². The minimum absolute atomic E-state index is 0.128. The number of hydrogen-bond donors (Lipinski definition) is 0. The lowest BCUT2D eigenvalue weighted by Crippen LogP contribution is -2.48. The number of nitrogens with zero attached hydrogens (tertiary/aromatic N) is 2. The number of likely N-dealkylation sites (tertiary alicyclic amines) is 1. The van der Waals surface area contributed by atoms with Crippen LogP contribution in [0.4, 0.5) is 0 Å². The van der Waals surface area contributed by atoms with Crippen LogP contribution in [0.2, 0.25) is 0 Å². The van der Waals surface area contributed by atoms with Crippen LogP contribution in [0.3, 0.4) is 0 Å². The molecular weight excluding hydrogens is 292 g/mol. The summed E-state index contributed by atoms with van der Waals surface area (Å²) in [7, 11) is 0. The first kappa shape index (κ1) is 15.0. The van der Waals surface area contributed by atoms with E-state index in [1.165, 1.54) is 0 Å². The maximum Gasteiger partial charge on any atom is 0.234 e. The molecule has 2 saturated heterocycles. The molecule has 23 heavy (non-hydrogen) atoms. The molecule has 3 heterocycles. The number of hydrogen-bond acceptors (Lipinski definition) is 4. The topological polar surface area (TPSA) is 42.0 Å². The lowest BCUT2D eigenvalue weighted by atomic mass is 9.99. The Hall–Kier alpha value is -1.59. The van der Waals surface area contributed by atoms with Crippen molar-refractivity contribution in [3.05, 3.63) is 29.8 Å². The number of amides is 1. The highest BCUT2D eigenvalue weighted by Gasteiger charge is 2.38. The van der Waals surface area contributed by atoms with Gasteiger partial charge in [0.15, 0.2) is 0 Å². The quantitative estimate of drug-likeness (QED) is 0.847. The van der Waals surface area contributed by atoms with Crippen molar-refractivity contribution in [2.24, 2.45) is 0 Å². The Balaban J connectivity index is 1.45. The number of carbonyl (C=O) groups is 1. The van der Waals surface area contributed by atoms with E-state index >= 15 is 0 Å². The molecule has 0 N–H and O–H groups in total. The fourth-order valence-corrected chi connectivity index (χ4v) is 3.96. The first-order valence-electron chi connectivity index (χ1n) is 8.65. The molecule has 2 atom stereocenters. The van der Waals surface area contributed by atoms with Crippen LogP contribution in [0.15, 0.2) is 24.3 Å². The highest BCUT2D eigenvalue weighted by atomic mass is 16.5. The lowest BCUT2D eigenvalue weighted by Gasteiger charge is -2.33. The van der Waals surface area contributed by atoms with E-state index in [-0.39, 0.29) is 11.8 Å². The van der Waals surface area contributed by atoms with Crippen molar-refractivity contribution in [1.82, 2.24) is 9.80 Å². The van der Waals surface area contributed by atoms with Gasteiger partial charge >= 0.3 is 0 Å². The van der Waals surface area contributed by atoms with Crippen LogP contribution in [0.5, 0.6) is 5.75 Å². The van der Waals surface area contributed by atoms with Crippen LogP contribution in [0, 0.1) is 0 Å². The second-order valence-electron chi connectivity index (χ2n) is 6.64. The molecule has 0 saturated carbocycles. The van der Waals surface area contributed by atoms with E-state index in [0.29, 0.717) is 12.6 Å². The van der Waals surface area contributed by atoms with Crippen LogP contribution in [0.25, 0.3) is 0 Å². The molecule has 0 radical (unpaired) electrons. The van der Waals surface area contributed by atoms with Crippen molar-refractivity contribution in [1.29, 1.82) is 0 Å². The molecule has 1 aromatic rings. The summed E-state index contributed by atoms with van der Waals surface area (Å²) in [6, 6.07) is 8.27. The van der Waals surface area contributed by atoms with Gasteiger partial charge in [0, 0.05) is 37.8 Å². The molecule has 3 aliphatic heterocycles. The van der Waals surface area contributed by atoms with Crippen molar-refractivity contribution in [3.8, 4) is 5.75 Å². The number of rotatable bonds is 3. The molecule has 5 heteroatoms. The number of morpholine rings is 1. The zero-order valence-corrected chi connectivity index (χ0v) is 13.4. The van der Waals surface area contributed by atoms with E-state index < -0.39 is 0 Å². The molecule has 0 spiro atoms. The Morgan fingerprint density at radius 1 is 1.17 bits per heavy atom. The van der Waals surface area contributed by atoms with E-state index in [9.17, 15) is 4.79 Å². The molecule has 0 unspecified atom stereocenters. The molecule has 3 aliphatic rings. The number of benzene rings is 1. The van der Waals surface area contributed by atoms with E-state index in [0.717, 1.165) is 63.5 Å². The largest absolute Gasteiger partial charge is 0.492 e. The number of fused-ring (bicyclic) bond motifs is 1. The van der Waals surface area contributed by atoms with Crippen LogP contribution in [0.1, 0.15) is 24.3 Å². The predicted molar refractivity (Wildman–Crippen MR) is 86.7 cm³/mol. The van der Waals surface area contributed by atoms with Gasteiger partial charge in [-0.2, -0.15) is 0 Å². The van der Waals surface area contributed by atoms with Gasteiger partial charge in [-0.1, -0.05) is 18.2 Å². The third-order valence-corrected chi connectivity index (χ3v) is 5.23. The summed E-state index contributed by atoms with van der Waals surface area (Å²) in [5.41, 5.74) is 1.05. The van der Waals surface area contributed by atoms with Gasteiger partial charge in [-0.05, 0) is 18.9 Å². The summed E-state index contributed by atoms with van der Waals surface area (Å²) in [6.45, 7) is 5.92. The lowest BCUT2D eigenvalue weighted by molar-refractivity contribution is -0.134. The molecule has 0 bridgehead atoms. The summed E-state index contributed by atoms with van der Waals surface area (Å²) >= 11 is 0. The summed E-state index contributed by atoms with van der Waals surface area (Å²) in [5, 5.41) is 0. The van der Waals surface area contributed by atoms with Gasteiger partial charge in [0.05, 0.1) is 13.2 Å². The first-order valence-corrected chi connectivity index (χ1v) is 8.65.